The molecule has 3 rings (SSSR count). The number of nitro groups is 1. The number of amides is 2. The van der Waals surface area contributed by atoms with Gasteiger partial charge in [-0.2, -0.15) is 4.31 Å². The molecule has 1 fully saturated rings. The summed E-state index contributed by atoms with van der Waals surface area (Å²) in [6, 6.07) is 11.4. The number of carbonyl (C=O) groups is 2. The number of nitro benzene ring substituents is 1. The highest BCUT2D eigenvalue weighted by molar-refractivity contribution is 7.89. The van der Waals surface area contributed by atoms with E-state index in [-0.39, 0.29) is 42.4 Å². The van der Waals surface area contributed by atoms with E-state index in [0.717, 1.165) is 6.07 Å². The quantitative estimate of drug-likeness (QED) is 0.473. The summed E-state index contributed by atoms with van der Waals surface area (Å²) in [4.78, 5) is 34.8. The first-order valence-electron chi connectivity index (χ1n) is 10.0. The number of hydrogen-bond acceptors (Lipinski definition) is 6. The van der Waals surface area contributed by atoms with E-state index in [4.69, 9.17) is 5.73 Å². The minimum absolute atomic E-state index is 0.0785. The summed E-state index contributed by atoms with van der Waals surface area (Å²) in [6.45, 7) is 1.73. The van der Waals surface area contributed by atoms with Gasteiger partial charge in [0.25, 0.3) is 5.69 Å². The van der Waals surface area contributed by atoms with Gasteiger partial charge in [-0.25, -0.2) is 8.42 Å². The lowest BCUT2D eigenvalue weighted by Gasteiger charge is -2.31. The SMILES string of the molecule is Cc1ccc([N+](=O)[O-])cc1S(=O)(=O)N1CCC(C(=O)NC(C(N)=O)c2ccccc2)CC1. The monoisotopic (exact) mass is 460 g/mol. The predicted octanol–water partition coefficient (Wildman–Crippen LogP) is 1.65. The zero-order chi connectivity index (χ0) is 23.5. The molecule has 0 aromatic heterocycles. The Kier molecular flexibility index (Phi) is 6.90. The van der Waals surface area contributed by atoms with E-state index in [1.165, 1.54) is 16.4 Å². The Morgan fingerprint density at radius 2 is 1.78 bits per heavy atom. The highest BCUT2D eigenvalue weighted by atomic mass is 32.2. The summed E-state index contributed by atoms with van der Waals surface area (Å²) in [7, 11) is -3.95. The summed E-state index contributed by atoms with van der Waals surface area (Å²) in [5, 5.41) is 13.7. The molecule has 1 aliphatic rings. The molecule has 1 atom stereocenters. The largest absolute Gasteiger partial charge is 0.368 e. The smallest absolute Gasteiger partial charge is 0.270 e. The molecule has 1 heterocycles. The number of nitrogens with zero attached hydrogens (tertiary/aromatic N) is 2. The molecular formula is C21H24N4O6S. The molecule has 1 unspecified atom stereocenters. The number of carbonyl (C=O) groups excluding carboxylic acids is 2. The molecule has 170 valence electrons. The first-order valence-corrected chi connectivity index (χ1v) is 11.4. The molecule has 0 aliphatic carbocycles. The first-order chi connectivity index (χ1) is 15.1. The summed E-state index contributed by atoms with van der Waals surface area (Å²) < 4.78 is 27.3. The van der Waals surface area contributed by atoms with Crippen LogP contribution in [0.4, 0.5) is 5.69 Å². The van der Waals surface area contributed by atoms with Gasteiger partial charge in [-0.1, -0.05) is 36.4 Å². The number of nitrogens with one attached hydrogen (secondary N) is 1. The van der Waals surface area contributed by atoms with Gasteiger partial charge in [0, 0.05) is 31.1 Å². The van der Waals surface area contributed by atoms with E-state index >= 15 is 0 Å². The molecule has 2 aromatic rings. The van der Waals surface area contributed by atoms with Crippen LogP contribution in [0.5, 0.6) is 0 Å². The van der Waals surface area contributed by atoms with Gasteiger partial charge in [0.1, 0.15) is 6.04 Å². The van der Waals surface area contributed by atoms with Crippen LogP contribution in [0.2, 0.25) is 0 Å². The third-order valence-corrected chi connectivity index (χ3v) is 7.57. The lowest BCUT2D eigenvalue weighted by Crippen LogP contribution is -2.45. The maximum Gasteiger partial charge on any atom is 0.270 e. The minimum Gasteiger partial charge on any atom is -0.368 e. The van der Waals surface area contributed by atoms with E-state index in [9.17, 15) is 28.1 Å². The van der Waals surface area contributed by atoms with E-state index in [2.05, 4.69) is 5.32 Å². The number of nitrogens with two attached hydrogens (primary N) is 1. The maximum atomic E-state index is 13.1. The Hall–Kier alpha value is -3.31. The Morgan fingerprint density at radius 3 is 2.34 bits per heavy atom. The predicted molar refractivity (Wildman–Crippen MR) is 116 cm³/mol. The fourth-order valence-corrected chi connectivity index (χ4v) is 5.42. The van der Waals surface area contributed by atoms with Crippen LogP contribution in [-0.2, 0) is 19.6 Å². The van der Waals surface area contributed by atoms with Gasteiger partial charge in [-0.05, 0) is 30.9 Å². The van der Waals surface area contributed by atoms with Crippen LogP contribution in [0.1, 0.15) is 30.0 Å². The Labute approximate surface area is 185 Å². The van der Waals surface area contributed by atoms with Gasteiger partial charge < -0.3 is 11.1 Å². The molecule has 0 saturated carbocycles. The van der Waals surface area contributed by atoms with Crippen LogP contribution in [0.15, 0.2) is 53.4 Å². The van der Waals surface area contributed by atoms with Crippen molar-refractivity contribution >= 4 is 27.5 Å². The number of non-ortho nitro benzene ring substituents is 1. The summed E-state index contributed by atoms with van der Waals surface area (Å²) >= 11 is 0. The fraction of sp³-hybridized carbons (Fsp3) is 0.333. The van der Waals surface area contributed by atoms with Crippen molar-refractivity contribution in [3.05, 3.63) is 69.8 Å². The van der Waals surface area contributed by atoms with Crippen LogP contribution in [0.25, 0.3) is 0 Å². The molecule has 0 spiro atoms. The van der Waals surface area contributed by atoms with E-state index in [1.54, 1.807) is 37.3 Å². The zero-order valence-electron chi connectivity index (χ0n) is 17.4. The lowest BCUT2D eigenvalue weighted by molar-refractivity contribution is -0.385. The topological polar surface area (TPSA) is 153 Å². The van der Waals surface area contributed by atoms with Crippen molar-refractivity contribution in [1.29, 1.82) is 0 Å². The second-order valence-electron chi connectivity index (χ2n) is 7.64. The van der Waals surface area contributed by atoms with Crippen LogP contribution in [-0.4, -0.2) is 42.6 Å². The summed E-state index contributed by atoms with van der Waals surface area (Å²) in [5.74, 6) is -1.55. The standard InChI is InChI=1S/C21H24N4O6S/c1-14-7-8-17(25(28)29)13-18(14)32(30,31)24-11-9-16(10-12-24)21(27)23-19(20(22)26)15-5-3-2-4-6-15/h2-8,13,16,19H,9-12H2,1H3,(H2,22,26)(H,23,27). The Bertz CT molecular complexity index is 1130. The Morgan fingerprint density at radius 1 is 1.16 bits per heavy atom. The highest BCUT2D eigenvalue weighted by Crippen LogP contribution is 2.28. The van der Waals surface area contributed by atoms with Gasteiger partial charge in [0.15, 0.2) is 0 Å². The summed E-state index contributed by atoms with van der Waals surface area (Å²) in [5.41, 5.74) is 6.11. The van der Waals surface area contributed by atoms with Crippen LogP contribution >= 0.6 is 0 Å². The number of rotatable bonds is 7. The molecule has 11 heteroatoms. The molecule has 1 aliphatic heterocycles. The Balaban J connectivity index is 1.69. The first kappa shape index (κ1) is 23.4. The number of aryl methyl sites for hydroxylation is 1. The average molecular weight is 461 g/mol. The molecule has 10 nitrogen and oxygen atoms in total. The minimum atomic E-state index is -3.95. The van der Waals surface area contributed by atoms with Gasteiger partial charge in [0.05, 0.1) is 9.82 Å². The van der Waals surface area contributed by atoms with Gasteiger partial charge in [-0.15, -0.1) is 0 Å². The summed E-state index contributed by atoms with van der Waals surface area (Å²) in [6.07, 6.45) is 0.499. The number of benzene rings is 2. The van der Waals surface area contributed by atoms with Gasteiger partial charge in [-0.3, -0.25) is 19.7 Å². The number of sulfonamides is 1. The molecule has 0 radical (unpaired) electrons. The van der Waals surface area contributed by atoms with Gasteiger partial charge in [0.2, 0.25) is 21.8 Å². The van der Waals surface area contributed by atoms with Crippen molar-refractivity contribution in [2.75, 3.05) is 13.1 Å². The second kappa shape index (κ2) is 9.45. The van der Waals surface area contributed by atoms with E-state index < -0.39 is 32.8 Å². The third-order valence-electron chi connectivity index (χ3n) is 5.53. The third kappa shape index (κ3) is 4.94. The number of primary amides is 1. The van der Waals surface area contributed by atoms with Crippen LogP contribution in [0.3, 0.4) is 0 Å². The molecule has 32 heavy (non-hydrogen) atoms. The molecule has 0 bridgehead atoms. The van der Waals surface area contributed by atoms with Crippen LogP contribution < -0.4 is 11.1 Å². The van der Waals surface area contributed by atoms with Crippen molar-refractivity contribution in [3.8, 4) is 0 Å². The van der Waals surface area contributed by atoms with Crippen molar-refractivity contribution in [2.45, 2.75) is 30.7 Å². The molecule has 2 aromatic carbocycles. The highest BCUT2D eigenvalue weighted by Gasteiger charge is 2.34. The average Bonchev–Trinajstić information content (AvgIpc) is 2.77. The van der Waals surface area contributed by atoms with Crippen molar-refractivity contribution in [2.24, 2.45) is 11.7 Å². The zero-order valence-corrected chi connectivity index (χ0v) is 18.2. The maximum absolute atomic E-state index is 13.1. The molecule has 3 N–H and O–H groups in total. The van der Waals surface area contributed by atoms with Crippen molar-refractivity contribution in [1.82, 2.24) is 9.62 Å². The molecule has 2 amide bonds. The fourth-order valence-electron chi connectivity index (χ4n) is 3.70. The second-order valence-corrected chi connectivity index (χ2v) is 9.55. The number of hydrogen-bond donors (Lipinski definition) is 2. The van der Waals surface area contributed by atoms with Crippen LogP contribution in [0, 0.1) is 23.0 Å². The molecule has 1 saturated heterocycles. The normalized spacial score (nSPS) is 16.3. The van der Waals surface area contributed by atoms with E-state index in [0.29, 0.717) is 11.1 Å². The van der Waals surface area contributed by atoms with E-state index in [1.807, 2.05) is 0 Å². The molecular weight excluding hydrogens is 436 g/mol. The van der Waals surface area contributed by atoms with Crippen molar-refractivity contribution in [3.63, 3.8) is 0 Å². The van der Waals surface area contributed by atoms with Gasteiger partial charge >= 0.3 is 0 Å². The lowest BCUT2D eigenvalue weighted by atomic mass is 9.96. The van der Waals surface area contributed by atoms with Crippen molar-refractivity contribution < 1.29 is 22.9 Å². The number of piperidine rings is 1.